The number of nitrogens with two attached hydrogens (primary N) is 1. The van der Waals surface area contributed by atoms with Crippen molar-refractivity contribution in [1.82, 2.24) is 0 Å². The summed E-state index contributed by atoms with van der Waals surface area (Å²) in [5, 5.41) is 0. The molecule has 0 rings (SSSR count). The van der Waals surface area contributed by atoms with Crippen LogP contribution in [0.15, 0.2) is 12.7 Å². The molecule has 2 nitrogen and oxygen atoms in total. The van der Waals surface area contributed by atoms with Gasteiger partial charge < -0.3 is 5.73 Å². The second-order valence-corrected chi connectivity index (χ2v) is 0.606. The Morgan fingerprint density at radius 1 is 1.83 bits per heavy atom. The molecule has 0 aromatic heterocycles. The zero-order chi connectivity index (χ0) is 4.28. The summed E-state index contributed by atoms with van der Waals surface area (Å²) < 4.78 is 0. The van der Waals surface area contributed by atoms with Crippen LogP contribution in [-0.4, -0.2) is 5.91 Å². The number of hydrogen-bond acceptors (Lipinski definition) is 1. The van der Waals surface area contributed by atoms with Gasteiger partial charge in [0.2, 0.25) is 5.91 Å². The molecule has 0 aliphatic heterocycles. The van der Waals surface area contributed by atoms with E-state index in [0.717, 1.165) is 6.08 Å². The van der Waals surface area contributed by atoms with Crippen LogP contribution in [-0.2, 0) is 27.2 Å². The minimum Gasteiger partial charge on any atom is -0.366 e. The van der Waals surface area contributed by atoms with E-state index in [1.54, 1.807) is 0 Å². The Kier molecular flexibility index (Phi) is 7.71. The Labute approximate surface area is 51.9 Å². The van der Waals surface area contributed by atoms with Crippen molar-refractivity contribution in [3.8, 4) is 0 Å². The number of carbonyl (C=O) groups excluding carboxylic acids is 1. The fourth-order valence-electron chi connectivity index (χ4n) is 0. The van der Waals surface area contributed by atoms with E-state index in [-0.39, 0.29) is 22.4 Å². The van der Waals surface area contributed by atoms with Crippen LogP contribution >= 0.6 is 0 Å². The molecule has 0 unspecified atom stereocenters. The van der Waals surface area contributed by atoms with Gasteiger partial charge in [-0.2, -0.15) is 0 Å². The van der Waals surface area contributed by atoms with Crippen molar-refractivity contribution >= 4 is 5.91 Å². The summed E-state index contributed by atoms with van der Waals surface area (Å²) in [7, 11) is 0. The van der Waals surface area contributed by atoms with Crippen molar-refractivity contribution < 1.29 is 27.2 Å². The molecule has 0 aromatic carbocycles. The summed E-state index contributed by atoms with van der Waals surface area (Å²) in [5.74, 6) is -0.481. The van der Waals surface area contributed by atoms with Gasteiger partial charge in [-0.05, 0) is 6.08 Å². The molecule has 0 spiro atoms. The first kappa shape index (κ1) is 9.34. The first-order chi connectivity index (χ1) is 2.27. The largest absolute Gasteiger partial charge is 0.366 e. The van der Waals surface area contributed by atoms with Gasteiger partial charge in [0.25, 0.3) is 0 Å². The fraction of sp³-hybridized carbons (Fsp3) is 0. The van der Waals surface area contributed by atoms with Crippen molar-refractivity contribution in [1.29, 1.82) is 0 Å². The molecule has 33 valence electrons. The van der Waals surface area contributed by atoms with Crippen molar-refractivity contribution in [3.63, 3.8) is 0 Å². The zero-order valence-corrected chi connectivity index (χ0v) is 6.43. The molecule has 0 atom stereocenters. The first-order valence-corrected chi connectivity index (χ1v) is 1.19. The predicted octanol–water partition coefficient (Wildman–Crippen LogP) is -0.345. The Morgan fingerprint density at radius 2 is 2.00 bits per heavy atom. The standard InChI is InChI=1S/C3H5NO.Ta/c1-2-3(4)5;/h2H,1H2,(H2,4,5);. The van der Waals surface area contributed by atoms with E-state index in [4.69, 9.17) is 0 Å². The average molecular weight is 252 g/mol. The zero-order valence-electron chi connectivity index (χ0n) is 3.22. The van der Waals surface area contributed by atoms with Crippen LogP contribution < -0.4 is 5.73 Å². The molecule has 0 aromatic rings. The smallest absolute Gasteiger partial charge is 0.240 e. The van der Waals surface area contributed by atoms with Crippen LogP contribution in [0.25, 0.3) is 0 Å². The maximum Gasteiger partial charge on any atom is 0.240 e. The third-order valence-electron chi connectivity index (χ3n) is 0.201. The fourth-order valence-corrected chi connectivity index (χ4v) is 0. The molecule has 0 fully saturated rings. The molecule has 1 radical (unpaired) electrons. The topological polar surface area (TPSA) is 43.1 Å². The van der Waals surface area contributed by atoms with E-state index in [1.807, 2.05) is 0 Å². The van der Waals surface area contributed by atoms with Crippen LogP contribution in [0.3, 0.4) is 0 Å². The van der Waals surface area contributed by atoms with Gasteiger partial charge in [0.1, 0.15) is 0 Å². The summed E-state index contributed by atoms with van der Waals surface area (Å²) in [4.78, 5) is 9.47. The van der Waals surface area contributed by atoms with Crippen LogP contribution in [0.5, 0.6) is 0 Å². The quantitative estimate of drug-likeness (QED) is 0.637. The third-order valence-corrected chi connectivity index (χ3v) is 0.201. The van der Waals surface area contributed by atoms with Crippen LogP contribution in [0.1, 0.15) is 0 Å². The average Bonchev–Trinajstić information content (AvgIpc) is 1.38. The number of hydrogen-bond donors (Lipinski definition) is 1. The predicted molar refractivity (Wildman–Crippen MR) is 19.4 cm³/mol. The van der Waals surface area contributed by atoms with Gasteiger partial charge >= 0.3 is 0 Å². The van der Waals surface area contributed by atoms with Crippen LogP contribution in [0.4, 0.5) is 0 Å². The number of rotatable bonds is 1. The van der Waals surface area contributed by atoms with Gasteiger partial charge in [-0.1, -0.05) is 6.58 Å². The molecule has 3 heteroatoms. The normalized spacial score (nSPS) is 5.33. The van der Waals surface area contributed by atoms with Crippen LogP contribution in [0, 0.1) is 0 Å². The van der Waals surface area contributed by atoms with Crippen molar-refractivity contribution in [2.24, 2.45) is 5.73 Å². The number of carbonyl (C=O) groups is 1. The Hall–Kier alpha value is -0.0497. The van der Waals surface area contributed by atoms with Crippen molar-refractivity contribution in [2.45, 2.75) is 0 Å². The molecule has 0 aliphatic rings. The van der Waals surface area contributed by atoms with Crippen molar-refractivity contribution in [3.05, 3.63) is 12.7 Å². The molecule has 0 heterocycles. The van der Waals surface area contributed by atoms with Gasteiger partial charge in [-0.15, -0.1) is 0 Å². The Morgan fingerprint density at radius 3 is 2.00 bits per heavy atom. The Balaban J connectivity index is 0. The van der Waals surface area contributed by atoms with Gasteiger partial charge in [0.05, 0.1) is 0 Å². The van der Waals surface area contributed by atoms with E-state index < -0.39 is 5.91 Å². The van der Waals surface area contributed by atoms with E-state index >= 15 is 0 Å². The SMILES string of the molecule is C=CC(N)=O.[Ta]. The molecule has 1 amide bonds. The minimum atomic E-state index is -0.481. The van der Waals surface area contributed by atoms with E-state index in [0.29, 0.717) is 0 Å². The summed E-state index contributed by atoms with van der Waals surface area (Å²) in [5.41, 5.74) is 4.53. The second kappa shape index (κ2) is 4.95. The number of primary amides is 1. The van der Waals surface area contributed by atoms with Crippen molar-refractivity contribution in [2.75, 3.05) is 0 Å². The van der Waals surface area contributed by atoms with Gasteiger partial charge in [0, 0.05) is 22.4 Å². The van der Waals surface area contributed by atoms with E-state index in [2.05, 4.69) is 12.3 Å². The molecule has 6 heavy (non-hydrogen) atoms. The van der Waals surface area contributed by atoms with Gasteiger partial charge in [-0.25, -0.2) is 0 Å². The van der Waals surface area contributed by atoms with Gasteiger partial charge in [0.15, 0.2) is 0 Å². The summed E-state index contributed by atoms with van der Waals surface area (Å²) in [6, 6.07) is 0. The molecule has 0 bridgehead atoms. The monoisotopic (exact) mass is 252 g/mol. The maximum absolute atomic E-state index is 9.47. The summed E-state index contributed by atoms with van der Waals surface area (Å²) >= 11 is 0. The van der Waals surface area contributed by atoms with E-state index in [1.165, 1.54) is 0 Å². The minimum absolute atomic E-state index is 0. The molecule has 0 saturated heterocycles. The van der Waals surface area contributed by atoms with Crippen LogP contribution in [0.2, 0.25) is 0 Å². The molecule has 2 N–H and O–H groups in total. The first-order valence-electron chi connectivity index (χ1n) is 1.19. The second-order valence-electron chi connectivity index (χ2n) is 0.606. The summed E-state index contributed by atoms with van der Waals surface area (Å²) in [6.45, 7) is 3.09. The molecule has 0 saturated carbocycles. The molecular formula is C3H5NOTa. The molecular weight excluding hydrogens is 247 g/mol. The Bertz CT molecular complexity index is 61.8. The van der Waals surface area contributed by atoms with E-state index in [9.17, 15) is 4.79 Å². The number of amides is 1. The maximum atomic E-state index is 9.47. The summed E-state index contributed by atoms with van der Waals surface area (Å²) in [6.07, 6.45) is 1.06. The third kappa shape index (κ3) is 9.04. The van der Waals surface area contributed by atoms with Gasteiger partial charge in [-0.3, -0.25) is 4.79 Å². The molecule has 0 aliphatic carbocycles.